The van der Waals surface area contributed by atoms with Gasteiger partial charge in [0.15, 0.2) is 5.78 Å². The first-order valence-corrected chi connectivity index (χ1v) is 16.8. The number of pyridine rings is 1. The van der Waals surface area contributed by atoms with E-state index in [2.05, 4.69) is 34.2 Å². The molecule has 6 rings (SSSR count). The second kappa shape index (κ2) is 13.7. The van der Waals surface area contributed by atoms with Gasteiger partial charge in [0.1, 0.15) is 0 Å². The molecule has 1 aromatic heterocycles. The molecule has 0 unspecified atom stereocenters. The molecule has 3 aromatic rings. The van der Waals surface area contributed by atoms with Crippen molar-refractivity contribution in [1.82, 2.24) is 20.1 Å². The highest BCUT2D eigenvalue weighted by molar-refractivity contribution is 6.10. The summed E-state index contributed by atoms with van der Waals surface area (Å²) in [6.07, 6.45) is 12.5. The normalized spacial score (nSPS) is 20.2. The Morgan fingerprint density at radius 3 is 2.28 bits per heavy atom. The van der Waals surface area contributed by atoms with Crippen molar-refractivity contribution in [1.29, 1.82) is 0 Å². The van der Waals surface area contributed by atoms with Crippen LogP contribution >= 0.6 is 0 Å². The van der Waals surface area contributed by atoms with E-state index in [0.29, 0.717) is 29.6 Å². The molecule has 3 heterocycles. The molecule has 3 aliphatic rings. The summed E-state index contributed by atoms with van der Waals surface area (Å²) in [6, 6.07) is 16.7. The van der Waals surface area contributed by atoms with E-state index in [1.54, 1.807) is 6.92 Å². The van der Waals surface area contributed by atoms with Gasteiger partial charge < -0.3 is 10.2 Å². The van der Waals surface area contributed by atoms with Crippen LogP contribution < -0.4 is 5.32 Å². The molecule has 0 bridgehead atoms. The van der Waals surface area contributed by atoms with Gasteiger partial charge in [-0.25, -0.2) is 4.98 Å². The van der Waals surface area contributed by atoms with Gasteiger partial charge in [0, 0.05) is 40.7 Å². The lowest BCUT2D eigenvalue weighted by Crippen LogP contribution is -2.46. The third kappa shape index (κ3) is 6.86. The van der Waals surface area contributed by atoms with Gasteiger partial charge in [0.2, 0.25) is 0 Å². The summed E-state index contributed by atoms with van der Waals surface area (Å²) in [5, 5.41) is 4.27. The third-order valence-electron chi connectivity index (χ3n) is 10.3. The Morgan fingerprint density at radius 2 is 1.58 bits per heavy atom. The van der Waals surface area contributed by atoms with E-state index in [0.717, 1.165) is 40.9 Å². The van der Waals surface area contributed by atoms with Crippen molar-refractivity contribution < 1.29 is 9.59 Å². The van der Waals surface area contributed by atoms with Crippen molar-refractivity contribution in [2.24, 2.45) is 5.92 Å². The number of ketones is 1. The number of piperidine rings is 2. The van der Waals surface area contributed by atoms with Gasteiger partial charge in [-0.1, -0.05) is 68.1 Å². The zero-order chi connectivity index (χ0) is 29.8. The second-order valence-corrected chi connectivity index (χ2v) is 13.2. The number of Topliss-reactive ketones (excluding diaryl/α,β-unsaturated/α-hetero) is 1. The summed E-state index contributed by atoms with van der Waals surface area (Å²) in [6.45, 7) is 8.97. The number of hydrogen-bond donors (Lipinski definition) is 1. The van der Waals surface area contributed by atoms with Crippen LogP contribution in [-0.4, -0.2) is 64.7 Å². The Kier molecular flexibility index (Phi) is 9.54. The van der Waals surface area contributed by atoms with Crippen molar-refractivity contribution in [3.05, 3.63) is 65.2 Å². The van der Waals surface area contributed by atoms with Crippen molar-refractivity contribution in [3.8, 4) is 11.3 Å². The standard InChI is InChI=1S/C37H48N4O2/c1-26(28-12-6-3-7-13-28)38-37(43)35-32-17-16-30(27(2)42)24-34(32)39-36(29-14-8-4-9-15-29)33(35)25-40-22-18-31(19-23-40)41-20-10-5-11-21-41/h4,8-9,14-17,24,26,28,31H,3,5-7,10-13,18-23,25H2,1-2H3,(H,38,43)/t26-/m0/s1. The Labute approximate surface area is 257 Å². The topological polar surface area (TPSA) is 65.5 Å². The molecule has 228 valence electrons. The number of fused-ring (bicyclic) bond motifs is 1. The number of nitrogens with zero attached hydrogens (tertiary/aromatic N) is 3. The lowest BCUT2D eigenvalue weighted by Gasteiger charge is -2.40. The predicted molar refractivity (Wildman–Crippen MR) is 174 cm³/mol. The zero-order valence-electron chi connectivity index (χ0n) is 26.1. The molecule has 6 nitrogen and oxygen atoms in total. The van der Waals surface area contributed by atoms with E-state index in [9.17, 15) is 9.59 Å². The molecule has 6 heteroatoms. The maximum absolute atomic E-state index is 14.4. The molecule has 0 radical (unpaired) electrons. The van der Waals surface area contributed by atoms with Crippen LogP contribution in [0.5, 0.6) is 0 Å². The number of likely N-dealkylation sites (tertiary alicyclic amines) is 2. The predicted octanol–water partition coefficient (Wildman–Crippen LogP) is 7.25. The first kappa shape index (κ1) is 30.0. The molecular formula is C37H48N4O2. The van der Waals surface area contributed by atoms with E-state index < -0.39 is 0 Å². The zero-order valence-corrected chi connectivity index (χ0v) is 26.1. The molecular weight excluding hydrogens is 532 g/mol. The summed E-state index contributed by atoms with van der Waals surface area (Å²) in [5.74, 6) is 0.500. The Morgan fingerprint density at radius 1 is 0.884 bits per heavy atom. The molecule has 0 spiro atoms. The van der Waals surface area contributed by atoms with E-state index in [-0.39, 0.29) is 17.7 Å². The summed E-state index contributed by atoms with van der Waals surface area (Å²) in [5.41, 5.74) is 4.90. The van der Waals surface area contributed by atoms with Crippen molar-refractivity contribution >= 4 is 22.6 Å². The minimum Gasteiger partial charge on any atom is -0.349 e. The van der Waals surface area contributed by atoms with Gasteiger partial charge in [-0.3, -0.25) is 14.5 Å². The quantitative estimate of drug-likeness (QED) is 0.284. The summed E-state index contributed by atoms with van der Waals surface area (Å²) in [4.78, 5) is 37.2. The highest BCUT2D eigenvalue weighted by Gasteiger charge is 2.30. The third-order valence-corrected chi connectivity index (χ3v) is 10.3. The monoisotopic (exact) mass is 580 g/mol. The maximum Gasteiger partial charge on any atom is 0.252 e. The Bertz CT molecular complexity index is 1420. The highest BCUT2D eigenvalue weighted by Crippen LogP contribution is 2.34. The van der Waals surface area contributed by atoms with Crippen molar-refractivity contribution in [2.75, 3.05) is 26.2 Å². The molecule has 2 saturated heterocycles. The number of rotatable bonds is 8. The number of benzene rings is 2. The molecule has 1 amide bonds. The van der Waals surface area contributed by atoms with E-state index in [1.807, 2.05) is 36.4 Å². The van der Waals surface area contributed by atoms with Crippen LogP contribution in [0, 0.1) is 5.92 Å². The number of nitrogens with one attached hydrogen (secondary N) is 1. The Balaban J connectivity index is 1.38. The van der Waals surface area contributed by atoms with Gasteiger partial charge in [-0.15, -0.1) is 0 Å². The van der Waals surface area contributed by atoms with Crippen LogP contribution in [0.4, 0.5) is 0 Å². The molecule has 2 aromatic carbocycles. The summed E-state index contributed by atoms with van der Waals surface area (Å²) >= 11 is 0. The number of carbonyl (C=O) groups excluding carboxylic acids is 2. The van der Waals surface area contributed by atoms with Gasteiger partial charge in [0.25, 0.3) is 5.91 Å². The molecule has 2 aliphatic heterocycles. The molecule has 3 fully saturated rings. The minimum absolute atomic E-state index is 0.00235. The molecule has 43 heavy (non-hydrogen) atoms. The summed E-state index contributed by atoms with van der Waals surface area (Å²) < 4.78 is 0. The molecule has 1 atom stereocenters. The van der Waals surface area contributed by atoms with E-state index in [4.69, 9.17) is 4.98 Å². The number of amides is 1. The average molecular weight is 581 g/mol. The fourth-order valence-corrected chi connectivity index (χ4v) is 7.75. The fraction of sp³-hybridized carbons (Fsp3) is 0.541. The number of aromatic nitrogens is 1. The van der Waals surface area contributed by atoms with Crippen LogP contribution in [0.25, 0.3) is 22.2 Å². The SMILES string of the molecule is CC(=O)c1ccc2c(C(=O)N[C@@H](C)C3CCCCC3)c(CN3CCC(N4CCCCC4)CC3)c(-c3ccccc3)nc2c1. The molecule has 1 N–H and O–H groups in total. The van der Waals surface area contributed by atoms with Crippen LogP contribution in [0.15, 0.2) is 48.5 Å². The van der Waals surface area contributed by atoms with E-state index >= 15 is 0 Å². The van der Waals surface area contributed by atoms with Gasteiger partial charge in [0.05, 0.1) is 16.8 Å². The highest BCUT2D eigenvalue weighted by atomic mass is 16.1. The first-order valence-electron chi connectivity index (χ1n) is 16.8. The van der Waals surface area contributed by atoms with Gasteiger partial charge in [-0.2, -0.15) is 0 Å². The molecule has 1 aliphatic carbocycles. The fourth-order valence-electron chi connectivity index (χ4n) is 7.75. The van der Waals surface area contributed by atoms with Gasteiger partial charge >= 0.3 is 0 Å². The van der Waals surface area contributed by atoms with Crippen LogP contribution in [-0.2, 0) is 6.54 Å². The van der Waals surface area contributed by atoms with Crippen molar-refractivity contribution in [3.63, 3.8) is 0 Å². The maximum atomic E-state index is 14.4. The van der Waals surface area contributed by atoms with Gasteiger partial charge in [-0.05, 0) is 90.5 Å². The lowest BCUT2D eigenvalue weighted by atomic mass is 9.84. The number of hydrogen-bond acceptors (Lipinski definition) is 5. The largest absolute Gasteiger partial charge is 0.349 e. The average Bonchev–Trinajstić information content (AvgIpc) is 3.05. The van der Waals surface area contributed by atoms with Crippen LogP contribution in [0.2, 0.25) is 0 Å². The van der Waals surface area contributed by atoms with Crippen LogP contribution in [0.1, 0.15) is 104 Å². The number of carbonyl (C=O) groups is 2. The second-order valence-electron chi connectivity index (χ2n) is 13.2. The Hall–Kier alpha value is -3.09. The van der Waals surface area contributed by atoms with Crippen LogP contribution in [0.3, 0.4) is 0 Å². The summed E-state index contributed by atoms with van der Waals surface area (Å²) in [7, 11) is 0. The minimum atomic E-state index is -0.0172. The smallest absolute Gasteiger partial charge is 0.252 e. The molecule has 1 saturated carbocycles. The van der Waals surface area contributed by atoms with E-state index in [1.165, 1.54) is 77.3 Å². The first-order chi connectivity index (χ1) is 21.0. The lowest BCUT2D eigenvalue weighted by molar-refractivity contribution is 0.0878. The van der Waals surface area contributed by atoms with Crippen molar-refractivity contribution in [2.45, 2.75) is 96.7 Å².